The number of H-pyrrole nitrogens is 1. The van der Waals surface area contributed by atoms with Gasteiger partial charge in [-0.05, 0) is 38.0 Å². The van der Waals surface area contributed by atoms with Gasteiger partial charge in [0.05, 0.1) is 0 Å². The van der Waals surface area contributed by atoms with Crippen molar-refractivity contribution in [2.24, 2.45) is 5.73 Å². The Labute approximate surface area is 84.1 Å². The van der Waals surface area contributed by atoms with Crippen LogP contribution in [-0.2, 0) is 0 Å². The van der Waals surface area contributed by atoms with E-state index in [2.05, 4.69) is 37.0 Å². The molecule has 0 spiro atoms. The van der Waals surface area contributed by atoms with Crippen LogP contribution in [-0.4, -0.2) is 4.98 Å². The van der Waals surface area contributed by atoms with Gasteiger partial charge < -0.3 is 10.7 Å². The van der Waals surface area contributed by atoms with Crippen molar-refractivity contribution in [3.05, 3.63) is 35.0 Å². The molecular weight excluding hydrogens is 172 g/mol. The Morgan fingerprint density at radius 3 is 2.64 bits per heavy atom. The van der Waals surface area contributed by atoms with E-state index in [1.54, 1.807) is 0 Å². The van der Waals surface area contributed by atoms with Crippen molar-refractivity contribution >= 4 is 10.9 Å². The molecule has 0 unspecified atom stereocenters. The second-order valence-electron chi connectivity index (χ2n) is 4.00. The quantitative estimate of drug-likeness (QED) is 0.710. The fourth-order valence-electron chi connectivity index (χ4n) is 2.05. The zero-order chi connectivity index (χ0) is 10.3. The van der Waals surface area contributed by atoms with E-state index in [0.717, 1.165) is 0 Å². The molecule has 0 bridgehead atoms. The van der Waals surface area contributed by atoms with Crippen molar-refractivity contribution in [3.8, 4) is 0 Å². The van der Waals surface area contributed by atoms with Crippen molar-refractivity contribution in [2.75, 3.05) is 0 Å². The Morgan fingerprint density at radius 2 is 2.00 bits per heavy atom. The summed E-state index contributed by atoms with van der Waals surface area (Å²) in [6, 6.07) is 6.52. The first kappa shape index (κ1) is 9.28. The third-order valence-corrected chi connectivity index (χ3v) is 2.65. The average molecular weight is 188 g/mol. The maximum atomic E-state index is 5.94. The van der Waals surface area contributed by atoms with Crippen LogP contribution in [0.2, 0.25) is 0 Å². The highest BCUT2D eigenvalue weighted by Gasteiger charge is 2.11. The summed E-state index contributed by atoms with van der Waals surface area (Å²) < 4.78 is 0. The Bertz CT molecular complexity index is 466. The Hall–Kier alpha value is -1.28. The number of aryl methyl sites for hydroxylation is 2. The van der Waals surface area contributed by atoms with E-state index in [0.29, 0.717) is 0 Å². The maximum Gasteiger partial charge on any atom is 0.0462 e. The fourth-order valence-corrected chi connectivity index (χ4v) is 2.05. The van der Waals surface area contributed by atoms with Gasteiger partial charge in [-0.1, -0.05) is 12.1 Å². The monoisotopic (exact) mass is 188 g/mol. The largest absolute Gasteiger partial charge is 0.358 e. The van der Waals surface area contributed by atoms with E-state index in [1.165, 1.54) is 27.7 Å². The number of hydrogen-bond donors (Lipinski definition) is 2. The molecule has 0 saturated heterocycles. The van der Waals surface area contributed by atoms with Crippen LogP contribution in [0.3, 0.4) is 0 Å². The van der Waals surface area contributed by atoms with Crippen molar-refractivity contribution in [3.63, 3.8) is 0 Å². The van der Waals surface area contributed by atoms with Crippen LogP contribution < -0.4 is 5.73 Å². The van der Waals surface area contributed by atoms with Gasteiger partial charge in [0.25, 0.3) is 0 Å². The lowest BCUT2D eigenvalue weighted by molar-refractivity contribution is 0.817. The molecule has 0 aliphatic rings. The van der Waals surface area contributed by atoms with Gasteiger partial charge in [-0.3, -0.25) is 0 Å². The molecular formula is C12H16N2. The first-order valence-electron chi connectivity index (χ1n) is 4.94. The van der Waals surface area contributed by atoms with Crippen molar-refractivity contribution in [2.45, 2.75) is 26.8 Å². The Balaban J connectivity index is 2.77. The average Bonchev–Trinajstić information content (AvgIpc) is 2.39. The highest BCUT2D eigenvalue weighted by atomic mass is 14.7. The van der Waals surface area contributed by atoms with Crippen molar-refractivity contribution in [1.82, 2.24) is 4.98 Å². The van der Waals surface area contributed by atoms with Crippen LogP contribution in [0, 0.1) is 13.8 Å². The molecule has 1 aromatic carbocycles. The van der Waals surface area contributed by atoms with Crippen molar-refractivity contribution < 1.29 is 0 Å². The highest BCUT2D eigenvalue weighted by Crippen LogP contribution is 2.26. The molecule has 14 heavy (non-hydrogen) atoms. The van der Waals surface area contributed by atoms with E-state index < -0.39 is 0 Å². The molecule has 2 nitrogen and oxygen atoms in total. The molecule has 74 valence electrons. The summed E-state index contributed by atoms with van der Waals surface area (Å²) in [6.45, 7) is 6.20. The summed E-state index contributed by atoms with van der Waals surface area (Å²) in [5.41, 5.74) is 10.8. The van der Waals surface area contributed by atoms with Crippen LogP contribution in [0.4, 0.5) is 0 Å². The minimum atomic E-state index is 0.0893. The number of nitrogens with two attached hydrogens (primary N) is 1. The second kappa shape index (κ2) is 3.14. The first-order chi connectivity index (χ1) is 6.59. The summed E-state index contributed by atoms with van der Waals surface area (Å²) in [5, 5.41) is 1.25. The van der Waals surface area contributed by atoms with Gasteiger partial charge in [0.15, 0.2) is 0 Å². The standard InChI is InChI=1S/C12H16N2/c1-7-4-5-10-11(6-7)14-9(3)12(10)8(2)13/h4-6,8,14H,13H2,1-3H3/t8-/m1/s1. The minimum absolute atomic E-state index is 0.0893. The van der Waals surface area contributed by atoms with E-state index >= 15 is 0 Å². The van der Waals surface area contributed by atoms with Crippen LogP contribution in [0.15, 0.2) is 18.2 Å². The summed E-state index contributed by atoms with van der Waals surface area (Å²) in [4.78, 5) is 3.37. The van der Waals surface area contributed by atoms with E-state index in [-0.39, 0.29) is 6.04 Å². The van der Waals surface area contributed by atoms with Gasteiger partial charge in [-0.2, -0.15) is 0 Å². The van der Waals surface area contributed by atoms with E-state index in [1.807, 2.05) is 6.92 Å². The van der Waals surface area contributed by atoms with Gasteiger partial charge in [-0.25, -0.2) is 0 Å². The molecule has 0 aliphatic carbocycles. The van der Waals surface area contributed by atoms with Crippen LogP contribution in [0.5, 0.6) is 0 Å². The number of aromatic amines is 1. The van der Waals surface area contributed by atoms with Crippen LogP contribution >= 0.6 is 0 Å². The van der Waals surface area contributed by atoms with E-state index in [9.17, 15) is 0 Å². The third-order valence-electron chi connectivity index (χ3n) is 2.65. The lowest BCUT2D eigenvalue weighted by Crippen LogP contribution is -2.05. The molecule has 1 heterocycles. The molecule has 0 aliphatic heterocycles. The SMILES string of the molecule is Cc1ccc2c([C@@H](C)N)c(C)[nH]c2c1. The predicted molar refractivity (Wildman–Crippen MR) is 60.4 cm³/mol. The fraction of sp³-hybridized carbons (Fsp3) is 0.333. The molecule has 2 heteroatoms. The summed E-state index contributed by atoms with van der Waals surface area (Å²) in [5.74, 6) is 0. The second-order valence-corrected chi connectivity index (χ2v) is 4.00. The molecule has 2 rings (SSSR count). The molecule has 3 N–H and O–H groups in total. The molecule has 0 amide bonds. The summed E-state index contributed by atoms with van der Waals surface area (Å²) in [7, 11) is 0. The molecule has 2 aromatic rings. The van der Waals surface area contributed by atoms with Crippen LogP contribution in [0.1, 0.15) is 29.8 Å². The van der Waals surface area contributed by atoms with Crippen LogP contribution in [0.25, 0.3) is 10.9 Å². The predicted octanol–water partition coefficient (Wildman–Crippen LogP) is 2.80. The molecule has 0 radical (unpaired) electrons. The Kier molecular flexibility index (Phi) is 2.08. The number of aromatic nitrogens is 1. The smallest absolute Gasteiger partial charge is 0.0462 e. The van der Waals surface area contributed by atoms with E-state index in [4.69, 9.17) is 5.73 Å². The number of rotatable bonds is 1. The highest BCUT2D eigenvalue weighted by molar-refractivity contribution is 5.85. The van der Waals surface area contributed by atoms with Gasteiger partial charge in [0.2, 0.25) is 0 Å². The first-order valence-corrected chi connectivity index (χ1v) is 4.94. The Morgan fingerprint density at radius 1 is 1.29 bits per heavy atom. The molecule has 1 aromatic heterocycles. The topological polar surface area (TPSA) is 41.8 Å². The van der Waals surface area contributed by atoms with Gasteiger partial charge in [0.1, 0.15) is 0 Å². The van der Waals surface area contributed by atoms with Gasteiger partial charge in [-0.15, -0.1) is 0 Å². The summed E-state index contributed by atoms with van der Waals surface area (Å²) in [6.07, 6.45) is 0. The third kappa shape index (κ3) is 1.32. The zero-order valence-electron chi connectivity index (χ0n) is 8.89. The number of fused-ring (bicyclic) bond motifs is 1. The minimum Gasteiger partial charge on any atom is -0.358 e. The zero-order valence-corrected chi connectivity index (χ0v) is 8.89. The lowest BCUT2D eigenvalue weighted by Gasteiger charge is -2.04. The number of benzene rings is 1. The maximum absolute atomic E-state index is 5.94. The lowest BCUT2D eigenvalue weighted by atomic mass is 10.0. The molecule has 0 saturated carbocycles. The molecule has 1 atom stereocenters. The van der Waals surface area contributed by atoms with Crippen molar-refractivity contribution in [1.29, 1.82) is 0 Å². The summed E-state index contributed by atoms with van der Waals surface area (Å²) >= 11 is 0. The van der Waals surface area contributed by atoms with Gasteiger partial charge >= 0.3 is 0 Å². The van der Waals surface area contributed by atoms with Gasteiger partial charge in [0, 0.05) is 22.6 Å². The normalized spacial score (nSPS) is 13.4. The number of hydrogen-bond acceptors (Lipinski definition) is 1. The molecule has 0 fully saturated rings. The number of nitrogens with one attached hydrogen (secondary N) is 1.